The number of ether oxygens (including phenoxy) is 2. The Morgan fingerprint density at radius 3 is 2.58 bits per heavy atom. The molecule has 5 nitrogen and oxygen atoms in total. The molecule has 7 heteroatoms. The highest BCUT2D eigenvalue weighted by Gasteiger charge is 2.16. The minimum atomic E-state index is -0.480. The van der Waals surface area contributed by atoms with Crippen molar-refractivity contribution in [3.05, 3.63) is 104 Å². The molecule has 0 radical (unpaired) electrons. The molecule has 4 aromatic carbocycles. The SMILES string of the molecule is CCOc1cc(/C=C(/C#N)C(=O)Nc2ccccc2I)cc(Br)c1OCc1cccc2ccccc12. The largest absolute Gasteiger partial charge is 0.490 e. The van der Waals surface area contributed by atoms with Gasteiger partial charge in [-0.05, 0) is 97.7 Å². The summed E-state index contributed by atoms with van der Waals surface area (Å²) in [4.78, 5) is 12.8. The number of nitrogens with zero attached hydrogens (tertiary/aromatic N) is 1. The van der Waals surface area contributed by atoms with Crippen molar-refractivity contribution < 1.29 is 14.3 Å². The second-order valence-corrected chi connectivity index (χ2v) is 9.81. The van der Waals surface area contributed by atoms with Crippen molar-refractivity contribution >= 4 is 67.0 Å². The molecule has 0 unspecified atom stereocenters. The van der Waals surface area contributed by atoms with Crippen LogP contribution in [0.25, 0.3) is 16.8 Å². The van der Waals surface area contributed by atoms with Gasteiger partial charge < -0.3 is 14.8 Å². The molecule has 0 aliphatic rings. The normalized spacial score (nSPS) is 11.1. The molecule has 0 aliphatic heterocycles. The van der Waals surface area contributed by atoms with Gasteiger partial charge in [0.05, 0.1) is 16.8 Å². The van der Waals surface area contributed by atoms with Gasteiger partial charge in [0.25, 0.3) is 5.91 Å². The lowest BCUT2D eigenvalue weighted by Gasteiger charge is -2.16. The van der Waals surface area contributed by atoms with Crippen LogP contribution in [0.15, 0.2) is 88.9 Å². The predicted octanol–water partition coefficient (Wildman–Crippen LogP) is 7.73. The zero-order chi connectivity index (χ0) is 25.5. The lowest BCUT2D eigenvalue weighted by atomic mass is 10.1. The van der Waals surface area contributed by atoms with Crippen LogP contribution in [-0.4, -0.2) is 12.5 Å². The first-order valence-electron chi connectivity index (χ1n) is 11.2. The molecule has 0 aliphatic carbocycles. The van der Waals surface area contributed by atoms with Gasteiger partial charge in [-0.15, -0.1) is 0 Å². The molecule has 0 spiro atoms. The molecule has 1 N–H and O–H groups in total. The van der Waals surface area contributed by atoms with E-state index in [-0.39, 0.29) is 5.57 Å². The fourth-order valence-electron chi connectivity index (χ4n) is 3.71. The summed E-state index contributed by atoms with van der Waals surface area (Å²) in [6.45, 7) is 2.68. The Balaban J connectivity index is 1.60. The van der Waals surface area contributed by atoms with E-state index in [0.29, 0.717) is 40.4 Å². The number of hydrogen-bond donors (Lipinski definition) is 1. The zero-order valence-electron chi connectivity index (χ0n) is 19.4. The first-order chi connectivity index (χ1) is 17.5. The maximum absolute atomic E-state index is 12.8. The highest BCUT2D eigenvalue weighted by molar-refractivity contribution is 14.1. The number of amides is 1. The molecule has 4 rings (SSSR count). The number of carbonyl (C=O) groups is 1. The maximum Gasteiger partial charge on any atom is 0.266 e. The van der Waals surface area contributed by atoms with Crippen LogP contribution in [0.3, 0.4) is 0 Å². The Bertz CT molecular complexity index is 1490. The van der Waals surface area contributed by atoms with Gasteiger partial charge in [0, 0.05) is 3.57 Å². The van der Waals surface area contributed by atoms with Gasteiger partial charge in [-0.3, -0.25) is 4.79 Å². The van der Waals surface area contributed by atoms with Crippen molar-refractivity contribution in [2.75, 3.05) is 11.9 Å². The van der Waals surface area contributed by atoms with Crippen LogP contribution in [0.1, 0.15) is 18.1 Å². The van der Waals surface area contributed by atoms with Crippen LogP contribution in [-0.2, 0) is 11.4 Å². The van der Waals surface area contributed by atoms with Gasteiger partial charge in [-0.2, -0.15) is 5.26 Å². The lowest BCUT2D eigenvalue weighted by Crippen LogP contribution is -2.14. The average molecular weight is 653 g/mol. The highest BCUT2D eigenvalue weighted by Crippen LogP contribution is 2.38. The Morgan fingerprint density at radius 1 is 1.06 bits per heavy atom. The Hall–Kier alpha value is -3.35. The van der Waals surface area contributed by atoms with Crippen LogP contribution < -0.4 is 14.8 Å². The van der Waals surface area contributed by atoms with Crippen molar-refractivity contribution in [1.29, 1.82) is 5.26 Å². The number of nitrogens with one attached hydrogen (secondary N) is 1. The summed E-state index contributed by atoms with van der Waals surface area (Å²) in [6, 6.07) is 27.3. The van der Waals surface area contributed by atoms with Crippen LogP contribution in [0.4, 0.5) is 5.69 Å². The molecule has 0 aromatic heterocycles. The molecular formula is C29H22BrIN2O3. The van der Waals surface area contributed by atoms with Crippen molar-refractivity contribution in [3.8, 4) is 17.6 Å². The fraction of sp³-hybridized carbons (Fsp3) is 0.103. The monoisotopic (exact) mass is 652 g/mol. The van der Waals surface area contributed by atoms with Crippen LogP contribution in [0, 0.1) is 14.9 Å². The van der Waals surface area contributed by atoms with Crippen LogP contribution >= 0.6 is 38.5 Å². The molecule has 36 heavy (non-hydrogen) atoms. The number of nitriles is 1. The van der Waals surface area contributed by atoms with Crippen molar-refractivity contribution in [2.45, 2.75) is 13.5 Å². The Labute approximate surface area is 232 Å². The van der Waals surface area contributed by atoms with Crippen molar-refractivity contribution in [1.82, 2.24) is 0 Å². The van der Waals surface area contributed by atoms with E-state index < -0.39 is 5.91 Å². The summed E-state index contributed by atoms with van der Waals surface area (Å²) in [6.07, 6.45) is 1.53. The van der Waals surface area contributed by atoms with Crippen LogP contribution in [0.5, 0.6) is 11.5 Å². The predicted molar refractivity (Wildman–Crippen MR) is 155 cm³/mol. The van der Waals surface area contributed by atoms with E-state index in [1.54, 1.807) is 18.2 Å². The van der Waals surface area contributed by atoms with Gasteiger partial charge in [0.15, 0.2) is 11.5 Å². The third-order valence-electron chi connectivity index (χ3n) is 5.38. The molecule has 0 bridgehead atoms. The van der Waals surface area contributed by atoms with E-state index in [4.69, 9.17) is 9.47 Å². The van der Waals surface area contributed by atoms with E-state index in [2.05, 4.69) is 62.0 Å². The van der Waals surface area contributed by atoms with Gasteiger partial charge in [-0.1, -0.05) is 54.6 Å². The van der Waals surface area contributed by atoms with E-state index in [0.717, 1.165) is 19.9 Å². The Kier molecular flexibility index (Phi) is 8.62. The minimum absolute atomic E-state index is 0.0200. The smallest absolute Gasteiger partial charge is 0.266 e. The lowest BCUT2D eigenvalue weighted by molar-refractivity contribution is -0.112. The summed E-state index contributed by atoms with van der Waals surface area (Å²) < 4.78 is 13.6. The number of carbonyl (C=O) groups excluding carboxylic acids is 1. The number of anilines is 1. The summed E-state index contributed by atoms with van der Waals surface area (Å²) in [7, 11) is 0. The number of para-hydroxylation sites is 1. The van der Waals surface area contributed by atoms with Crippen LogP contribution in [0.2, 0.25) is 0 Å². The quantitative estimate of drug-likeness (QED) is 0.120. The second-order valence-electron chi connectivity index (χ2n) is 7.79. The van der Waals surface area contributed by atoms with E-state index >= 15 is 0 Å². The molecule has 1 amide bonds. The number of halogens is 2. The Morgan fingerprint density at radius 2 is 1.81 bits per heavy atom. The van der Waals surface area contributed by atoms with E-state index in [9.17, 15) is 10.1 Å². The summed E-state index contributed by atoms with van der Waals surface area (Å²) in [5, 5.41) is 14.7. The first kappa shape index (κ1) is 25.7. The highest BCUT2D eigenvalue weighted by atomic mass is 127. The number of hydrogen-bond acceptors (Lipinski definition) is 4. The average Bonchev–Trinajstić information content (AvgIpc) is 2.88. The van der Waals surface area contributed by atoms with Gasteiger partial charge >= 0.3 is 0 Å². The molecular weight excluding hydrogens is 631 g/mol. The number of rotatable bonds is 8. The maximum atomic E-state index is 12.8. The molecule has 0 fully saturated rings. The molecule has 0 atom stereocenters. The third-order valence-corrected chi connectivity index (χ3v) is 6.91. The number of fused-ring (bicyclic) bond motifs is 1. The molecule has 0 heterocycles. The van der Waals surface area contributed by atoms with E-state index in [1.807, 2.05) is 55.5 Å². The zero-order valence-corrected chi connectivity index (χ0v) is 23.2. The summed E-state index contributed by atoms with van der Waals surface area (Å²) in [5.74, 6) is 0.601. The second kappa shape index (κ2) is 12.1. The first-order valence-corrected chi connectivity index (χ1v) is 13.1. The molecule has 0 saturated carbocycles. The van der Waals surface area contributed by atoms with Crippen molar-refractivity contribution in [3.63, 3.8) is 0 Å². The minimum Gasteiger partial charge on any atom is -0.490 e. The van der Waals surface area contributed by atoms with Gasteiger partial charge in [0.2, 0.25) is 0 Å². The van der Waals surface area contributed by atoms with Gasteiger partial charge in [0.1, 0.15) is 18.2 Å². The molecule has 0 saturated heterocycles. The molecule has 4 aromatic rings. The summed E-state index contributed by atoms with van der Waals surface area (Å²) in [5.41, 5.74) is 2.33. The third kappa shape index (κ3) is 6.07. The van der Waals surface area contributed by atoms with Gasteiger partial charge in [-0.25, -0.2) is 0 Å². The fourth-order valence-corrected chi connectivity index (χ4v) is 4.81. The number of benzene rings is 4. The molecule has 180 valence electrons. The topological polar surface area (TPSA) is 71.3 Å². The standard InChI is InChI=1S/C29H22BrIN2O3/c1-2-35-27-16-19(14-22(17-32)29(34)33-26-13-6-5-12-25(26)31)15-24(30)28(27)36-18-21-10-7-9-20-8-3-4-11-23(20)21/h3-16H,2,18H2,1H3,(H,33,34)/b22-14-. The summed E-state index contributed by atoms with van der Waals surface area (Å²) >= 11 is 5.72. The van der Waals surface area contributed by atoms with Crippen molar-refractivity contribution in [2.24, 2.45) is 0 Å². The van der Waals surface area contributed by atoms with E-state index in [1.165, 1.54) is 6.08 Å².